The van der Waals surface area contributed by atoms with Crippen molar-refractivity contribution in [1.29, 1.82) is 0 Å². The summed E-state index contributed by atoms with van der Waals surface area (Å²) in [6, 6.07) is 6.83. The Kier molecular flexibility index (Phi) is 5.83. The summed E-state index contributed by atoms with van der Waals surface area (Å²) in [4.78, 5) is 7.58. The molecule has 3 aromatic rings. The van der Waals surface area contributed by atoms with Crippen LogP contribution in [0.2, 0.25) is 0 Å². The van der Waals surface area contributed by atoms with Gasteiger partial charge in [-0.3, -0.25) is 4.57 Å². The molecule has 1 aromatic carbocycles. The van der Waals surface area contributed by atoms with E-state index in [0.717, 1.165) is 37.3 Å². The molecule has 0 atom stereocenters. The van der Waals surface area contributed by atoms with Crippen molar-refractivity contribution in [3.05, 3.63) is 51.8 Å². The molecule has 0 amide bonds. The number of aryl methyl sites for hydroxylation is 5. The van der Waals surface area contributed by atoms with Gasteiger partial charge in [-0.1, -0.05) is 31.5 Å². The SMILES string of the molecule is CCCN(CCC)c1cc(C)nc2c1c(C)c(C)n2-c1c(C)cc(C)cc1C. The van der Waals surface area contributed by atoms with E-state index in [1.165, 1.54) is 44.7 Å². The van der Waals surface area contributed by atoms with Gasteiger partial charge < -0.3 is 4.90 Å². The third-order valence-corrected chi connectivity index (χ3v) is 5.76. The molecular weight excluding hydrogens is 342 g/mol. The van der Waals surface area contributed by atoms with Crippen LogP contribution in [0.15, 0.2) is 18.2 Å². The highest BCUT2D eigenvalue weighted by atomic mass is 15.1. The average molecular weight is 378 g/mol. The lowest BCUT2D eigenvalue weighted by Crippen LogP contribution is -2.25. The summed E-state index contributed by atoms with van der Waals surface area (Å²) in [7, 11) is 0. The van der Waals surface area contributed by atoms with Crippen LogP contribution in [0.5, 0.6) is 0 Å². The molecule has 2 aromatic heterocycles. The average Bonchev–Trinajstić information content (AvgIpc) is 2.85. The Morgan fingerprint density at radius 2 is 1.43 bits per heavy atom. The lowest BCUT2D eigenvalue weighted by Gasteiger charge is -2.25. The monoisotopic (exact) mass is 377 g/mol. The fourth-order valence-corrected chi connectivity index (χ4v) is 4.61. The number of benzene rings is 1. The summed E-state index contributed by atoms with van der Waals surface area (Å²) in [6.45, 7) is 19.9. The van der Waals surface area contributed by atoms with Gasteiger partial charge in [-0.2, -0.15) is 0 Å². The number of hydrogen-bond donors (Lipinski definition) is 0. The maximum atomic E-state index is 5.04. The van der Waals surface area contributed by atoms with Crippen molar-refractivity contribution in [3.63, 3.8) is 0 Å². The zero-order valence-electron chi connectivity index (χ0n) is 18.9. The van der Waals surface area contributed by atoms with Crippen molar-refractivity contribution in [2.45, 2.75) is 68.2 Å². The molecular formula is C25H35N3. The maximum Gasteiger partial charge on any atom is 0.147 e. The van der Waals surface area contributed by atoms with E-state index in [-0.39, 0.29) is 0 Å². The van der Waals surface area contributed by atoms with Crippen LogP contribution < -0.4 is 4.90 Å². The summed E-state index contributed by atoms with van der Waals surface area (Å²) in [5.41, 5.74) is 11.4. The summed E-state index contributed by atoms with van der Waals surface area (Å²) >= 11 is 0. The van der Waals surface area contributed by atoms with E-state index in [2.05, 4.69) is 83.1 Å². The van der Waals surface area contributed by atoms with Crippen LogP contribution in [0.25, 0.3) is 16.7 Å². The minimum atomic E-state index is 1.08. The van der Waals surface area contributed by atoms with E-state index in [1.807, 2.05) is 0 Å². The first-order valence-corrected chi connectivity index (χ1v) is 10.6. The van der Waals surface area contributed by atoms with Crippen LogP contribution in [0, 0.1) is 41.5 Å². The second-order valence-electron chi connectivity index (χ2n) is 8.26. The first-order chi connectivity index (χ1) is 13.3. The van der Waals surface area contributed by atoms with Crippen molar-refractivity contribution in [3.8, 4) is 5.69 Å². The number of rotatable bonds is 6. The summed E-state index contributed by atoms with van der Waals surface area (Å²) in [6.07, 6.45) is 2.30. The maximum absolute atomic E-state index is 5.04. The Morgan fingerprint density at radius 3 is 1.96 bits per heavy atom. The Balaban J connectivity index is 2.38. The zero-order valence-corrected chi connectivity index (χ0v) is 18.9. The first-order valence-electron chi connectivity index (χ1n) is 10.6. The highest BCUT2D eigenvalue weighted by molar-refractivity contribution is 5.96. The minimum absolute atomic E-state index is 1.08. The van der Waals surface area contributed by atoms with Crippen LogP contribution in [-0.2, 0) is 0 Å². The van der Waals surface area contributed by atoms with Gasteiger partial charge in [0.1, 0.15) is 5.65 Å². The molecule has 0 aliphatic rings. The summed E-state index contributed by atoms with van der Waals surface area (Å²) < 4.78 is 2.39. The molecule has 0 saturated carbocycles. The van der Waals surface area contributed by atoms with Crippen molar-refractivity contribution in [2.75, 3.05) is 18.0 Å². The smallest absolute Gasteiger partial charge is 0.147 e. The van der Waals surface area contributed by atoms with Gasteiger partial charge >= 0.3 is 0 Å². The number of aromatic nitrogens is 2. The van der Waals surface area contributed by atoms with Crippen molar-refractivity contribution in [2.24, 2.45) is 0 Å². The van der Waals surface area contributed by atoms with Crippen LogP contribution in [0.3, 0.4) is 0 Å². The lowest BCUT2D eigenvalue weighted by molar-refractivity contribution is 0.746. The fourth-order valence-electron chi connectivity index (χ4n) is 4.61. The first kappa shape index (κ1) is 20.4. The number of fused-ring (bicyclic) bond motifs is 1. The molecule has 0 saturated heterocycles. The predicted octanol–water partition coefficient (Wildman–Crippen LogP) is 6.50. The lowest BCUT2D eigenvalue weighted by atomic mass is 10.0. The quantitative estimate of drug-likeness (QED) is 0.489. The van der Waals surface area contributed by atoms with Crippen molar-refractivity contribution in [1.82, 2.24) is 9.55 Å². The third-order valence-electron chi connectivity index (χ3n) is 5.76. The largest absolute Gasteiger partial charge is 0.371 e. The second-order valence-corrected chi connectivity index (χ2v) is 8.26. The Hall–Kier alpha value is -2.29. The minimum Gasteiger partial charge on any atom is -0.371 e. The Labute approximate surface area is 170 Å². The van der Waals surface area contributed by atoms with E-state index in [0.29, 0.717) is 0 Å². The predicted molar refractivity (Wildman–Crippen MR) is 122 cm³/mol. The molecule has 3 nitrogen and oxygen atoms in total. The van der Waals surface area contributed by atoms with Gasteiger partial charge in [0.15, 0.2) is 0 Å². The third kappa shape index (κ3) is 3.43. The van der Waals surface area contributed by atoms with Gasteiger partial charge in [0.05, 0.1) is 5.69 Å². The number of hydrogen-bond acceptors (Lipinski definition) is 2. The van der Waals surface area contributed by atoms with Gasteiger partial charge in [-0.25, -0.2) is 4.98 Å². The molecule has 0 aliphatic heterocycles. The topological polar surface area (TPSA) is 21.1 Å². The standard InChI is InChI=1S/C25H35N3/c1-9-11-27(12-10-2)22-15-19(6)26-25-23(22)20(7)21(8)28(25)24-17(4)13-16(3)14-18(24)5/h13-15H,9-12H2,1-8H3. The summed E-state index contributed by atoms with van der Waals surface area (Å²) in [5.74, 6) is 0. The Morgan fingerprint density at radius 1 is 0.857 bits per heavy atom. The van der Waals surface area contributed by atoms with E-state index in [4.69, 9.17) is 4.98 Å². The molecule has 0 bridgehead atoms. The van der Waals surface area contributed by atoms with E-state index in [9.17, 15) is 0 Å². The van der Waals surface area contributed by atoms with Gasteiger partial charge in [0.25, 0.3) is 0 Å². The molecule has 0 radical (unpaired) electrons. The van der Waals surface area contributed by atoms with Gasteiger partial charge in [0, 0.05) is 35.6 Å². The highest BCUT2D eigenvalue weighted by Crippen LogP contribution is 2.37. The van der Waals surface area contributed by atoms with Crippen molar-refractivity contribution >= 4 is 16.7 Å². The van der Waals surface area contributed by atoms with E-state index in [1.54, 1.807) is 0 Å². The fraction of sp³-hybridized carbons (Fsp3) is 0.480. The van der Waals surface area contributed by atoms with Gasteiger partial charge in [-0.05, 0) is 77.1 Å². The van der Waals surface area contributed by atoms with Crippen LogP contribution in [-0.4, -0.2) is 22.6 Å². The second kappa shape index (κ2) is 7.98. The van der Waals surface area contributed by atoms with Gasteiger partial charge in [-0.15, -0.1) is 0 Å². The summed E-state index contributed by atoms with van der Waals surface area (Å²) in [5, 5.41) is 1.31. The molecule has 0 fully saturated rings. The number of nitrogens with zero attached hydrogens (tertiary/aromatic N) is 3. The van der Waals surface area contributed by atoms with Gasteiger partial charge in [0.2, 0.25) is 0 Å². The van der Waals surface area contributed by atoms with E-state index < -0.39 is 0 Å². The normalized spacial score (nSPS) is 11.4. The molecule has 3 heteroatoms. The zero-order chi connectivity index (χ0) is 20.6. The molecule has 0 spiro atoms. The molecule has 0 aliphatic carbocycles. The molecule has 0 unspecified atom stereocenters. The molecule has 0 N–H and O–H groups in total. The Bertz CT molecular complexity index is 982. The van der Waals surface area contributed by atoms with E-state index >= 15 is 0 Å². The van der Waals surface area contributed by atoms with Crippen LogP contribution >= 0.6 is 0 Å². The molecule has 2 heterocycles. The number of anilines is 1. The molecule has 28 heavy (non-hydrogen) atoms. The van der Waals surface area contributed by atoms with Crippen molar-refractivity contribution < 1.29 is 0 Å². The molecule has 3 rings (SSSR count). The van der Waals surface area contributed by atoms with Crippen LogP contribution in [0.1, 0.15) is 60.3 Å². The highest BCUT2D eigenvalue weighted by Gasteiger charge is 2.22. The number of pyridine rings is 1. The molecule has 150 valence electrons. The van der Waals surface area contributed by atoms with Crippen LogP contribution in [0.4, 0.5) is 5.69 Å².